The first-order valence-electron chi connectivity index (χ1n) is 4.66. The lowest BCUT2D eigenvalue weighted by Gasteiger charge is -2.30. The van der Waals surface area contributed by atoms with Crippen molar-refractivity contribution in [2.45, 2.75) is 26.2 Å². The molecule has 1 rings (SSSR count). The van der Waals surface area contributed by atoms with Crippen LogP contribution < -0.4 is 5.73 Å². The fraction of sp³-hybridized carbons (Fsp3) is 1.00. The number of nitrogens with two attached hydrogens (primary N) is 1. The molecule has 1 aliphatic rings. The number of hydrogen-bond acceptors (Lipinski definition) is 2. The summed E-state index contributed by atoms with van der Waals surface area (Å²) in [6.45, 7) is 4.87. The topological polar surface area (TPSA) is 35.2 Å². The van der Waals surface area contributed by atoms with Gasteiger partial charge in [-0.25, -0.2) is 0 Å². The van der Waals surface area contributed by atoms with Crippen molar-refractivity contribution in [3.05, 3.63) is 0 Å². The van der Waals surface area contributed by atoms with Crippen LogP contribution in [0.3, 0.4) is 0 Å². The number of rotatable bonds is 3. The summed E-state index contributed by atoms with van der Waals surface area (Å²) in [5.41, 5.74) is 5.64. The lowest BCUT2D eigenvalue weighted by molar-refractivity contribution is 0.0175. The Bertz CT molecular complexity index is 104. The molecule has 0 amide bonds. The molecule has 2 unspecified atom stereocenters. The normalized spacial score (nSPS) is 32.2. The van der Waals surface area contributed by atoms with E-state index >= 15 is 0 Å². The summed E-state index contributed by atoms with van der Waals surface area (Å²) in [5.74, 6) is 1.46. The van der Waals surface area contributed by atoms with Gasteiger partial charge in [0.25, 0.3) is 0 Å². The Morgan fingerprint density at radius 1 is 1.45 bits per heavy atom. The summed E-state index contributed by atoms with van der Waals surface area (Å²) >= 11 is 0. The van der Waals surface area contributed by atoms with Crippen molar-refractivity contribution < 1.29 is 4.74 Å². The standard InChI is InChI=1S/C9H19NO/c1-2-3-8-4-5-11-7-9(8)6-10/h8-9H,2-7,10H2,1H3. The van der Waals surface area contributed by atoms with Gasteiger partial charge in [-0.2, -0.15) is 0 Å². The molecular formula is C9H19NO. The van der Waals surface area contributed by atoms with E-state index in [4.69, 9.17) is 10.5 Å². The van der Waals surface area contributed by atoms with Crippen LogP contribution in [0.25, 0.3) is 0 Å². The third kappa shape index (κ3) is 2.46. The van der Waals surface area contributed by atoms with Crippen LogP contribution in [0.4, 0.5) is 0 Å². The molecule has 1 heterocycles. The summed E-state index contributed by atoms with van der Waals surface area (Å²) < 4.78 is 5.37. The zero-order chi connectivity index (χ0) is 8.10. The van der Waals surface area contributed by atoms with Crippen LogP contribution in [0.2, 0.25) is 0 Å². The molecule has 2 atom stereocenters. The van der Waals surface area contributed by atoms with Gasteiger partial charge in [0, 0.05) is 6.61 Å². The smallest absolute Gasteiger partial charge is 0.0509 e. The molecule has 0 bridgehead atoms. The van der Waals surface area contributed by atoms with Gasteiger partial charge >= 0.3 is 0 Å². The monoisotopic (exact) mass is 157 g/mol. The van der Waals surface area contributed by atoms with Crippen molar-refractivity contribution in [2.75, 3.05) is 19.8 Å². The minimum Gasteiger partial charge on any atom is -0.381 e. The van der Waals surface area contributed by atoms with Gasteiger partial charge in [-0.15, -0.1) is 0 Å². The van der Waals surface area contributed by atoms with Gasteiger partial charge in [-0.3, -0.25) is 0 Å². The minimum atomic E-state index is 0.628. The highest BCUT2D eigenvalue weighted by Crippen LogP contribution is 2.24. The Balaban J connectivity index is 2.31. The Labute approximate surface area is 69.1 Å². The Kier molecular flexibility index (Phi) is 3.87. The van der Waals surface area contributed by atoms with Gasteiger partial charge in [-0.1, -0.05) is 19.8 Å². The molecule has 2 N–H and O–H groups in total. The summed E-state index contributed by atoms with van der Waals surface area (Å²) in [6, 6.07) is 0. The molecule has 0 spiro atoms. The third-order valence-corrected chi connectivity index (χ3v) is 2.59. The Hall–Kier alpha value is -0.0800. The molecule has 0 aromatic carbocycles. The average Bonchev–Trinajstić information content (AvgIpc) is 2.06. The predicted molar refractivity (Wildman–Crippen MR) is 46.4 cm³/mol. The maximum Gasteiger partial charge on any atom is 0.0509 e. The average molecular weight is 157 g/mol. The maximum absolute atomic E-state index is 5.64. The van der Waals surface area contributed by atoms with E-state index in [-0.39, 0.29) is 0 Å². The summed E-state index contributed by atoms with van der Waals surface area (Å²) in [6.07, 6.45) is 3.82. The third-order valence-electron chi connectivity index (χ3n) is 2.59. The van der Waals surface area contributed by atoms with E-state index < -0.39 is 0 Å². The van der Waals surface area contributed by atoms with Gasteiger partial charge in [0.1, 0.15) is 0 Å². The molecule has 2 nitrogen and oxygen atoms in total. The molecule has 0 saturated carbocycles. The van der Waals surface area contributed by atoms with E-state index in [0.29, 0.717) is 5.92 Å². The first-order chi connectivity index (χ1) is 5.38. The predicted octanol–water partition coefficient (Wildman–Crippen LogP) is 1.40. The zero-order valence-electron chi connectivity index (χ0n) is 7.38. The van der Waals surface area contributed by atoms with Crippen LogP contribution >= 0.6 is 0 Å². The molecular weight excluding hydrogens is 138 g/mol. The molecule has 1 saturated heterocycles. The SMILES string of the molecule is CCCC1CCOCC1CN. The highest BCUT2D eigenvalue weighted by molar-refractivity contribution is 4.73. The molecule has 11 heavy (non-hydrogen) atoms. The lowest BCUT2D eigenvalue weighted by atomic mass is 9.85. The van der Waals surface area contributed by atoms with Crippen LogP contribution in [0.5, 0.6) is 0 Å². The highest BCUT2D eigenvalue weighted by Gasteiger charge is 2.23. The molecule has 66 valence electrons. The van der Waals surface area contributed by atoms with Crippen molar-refractivity contribution in [3.8, 4) is 0 Å². The summed E-state index contributed by atoms with van der Waals surface area (Å²) in [5, 5.41) is 0. The zero-order valence-corrected chi connectivity index (χ0v) is 7.38. The van der Waals surface area contributed by atoms with Crippen molar-refractivity contribution in [3.63, 3.8) is 0 Å². The number of hydrogen-bond donors (Lipinski definition) is 1. The molecule has 0 aromatic rings. The quantitative estimate of drug-likeness (QED) is 0.672. The van der Waals surface area contributed by atoms with Crippen LogP contribution in [0, 0.1) is 11.8 Å². The molecule has 0 aromatic heterocycles. The molecule has 0 aliphatic carbocycles. The molecule has 1 fully saturated rings. The maximum atomic E-state index is 5.64. The van der Waals surface area contributed by atoms with E-state index in [0.717, 1.165) is 25.7 Å². The van der Waals surface area contributed by atoms with Gasteiger partial charge in [0.05, 0.1) is 6.61 Å². The van der Waals surface area contributed by atoms with Crippen LogP contribution in [0.1, 0.15) is 26.2 Å². The van der Waals surface area contributed by atoms with Crippen LogP contribution in [0.15, 0.2) is 0 Å². The fourth-order valence-corrected chi connectivity index (χ4v) is 1.85. The van der Waals surface area contributed by atoms with Crippen molar-refractivity contribution in [1.82, 2.24) is 0 Å². The van der Waals surface area contributed by atoms with Crippen molar-refractivity contribution in [1.29, 1.82) is 0 Å². The van der Waals surface area contributed by atoms with Gasteiger partial charge < -0.3 is 10.5 Å². The second-order valence-corrected chi connectivity index (χ2v) is 3.41. The van der Waals surface area contributed by atoms with E-state index in [9.17, 15) is 0 Å². The first kappa shape index (κ1) is 9.01. The molecule has 1 aliphatic heterocycles. The van der Waals surface area contributed by atoms with E-state index in [1.54, 1.807) is 0 Å². The van der Waals surface area contributed by atoms with Crippen LogP contribution in [-0.4, -0.2) is 19.8 Å². The van der Waals surface area contributed by atoms with Gasteiger partial charge in [0.15, 0.2) is 0 Å². The van der Waals surface area contributed by atoms with Crippen molar-refractivity contribution in [2.24, 2.45) is 17.6 Å². The largest absolute Gasteiger partial charge is 0.381 e. The van der Waals surface area contributed by atoms with Gasteiger partial charge in [0.2, 0.25) is 0 Å². The van der Waals surface area contributed by atoms with E-state index in [1.807, 2.05) is 0 Å². The summed E-state index contributed by atoms with van der Waals surface area (Å²) in [4.78, 5) is 0. The Morgan fingerprint density at radius 2 is 2.27 bits per heavy atom. The molecule has 0 radical (unpaired) electrons. The van der Waals surface area contributed by atoms with Crippen molar-refractivity contribution >= 4 is 0 Å². The van der Waals surface area contributed by atoms with Crippen LogP contribution in [-0.2, 0) is 4.74 Å². The highest BCUT2D eigenvalue weighted by atomic mass is 16.5. The number of ether oxygens (including phenoxy) is 1. The summed E-state index contributed by atoms with van der Waals surface area (Å²) in [7, 11) is 0. The molecule has 2 heteroatoms. The van der Waals surface area contributed by atoms with E-state index in [1.165, 1.54) is 19.3 Å². The first-order valence-corrected chi connectivity index (χ1v) is 4.66. The Morgan fingerprint density at radius 3 is 2.91 bits per heavy atom. The second-order valence-electron chi connectivity index (χ2n) is 3.41. The van der Waals surface area contributed by atoms with E-state index in [2.05, 4.69) is 6.92 Å². The minimum absolute atomic E-state index is 0.628. The lowest BCUT2D eigenvalue weighted by Crippen LogP contribution is -2.33. The second kappa shape index (κ2) is 4.73. The fourth-order valence-electron chi connectivity index (χ4n) is 1.85. The van der Waals surface area contributed by atoms with Gasteiger partial charge in [-0.05, 0) is 24.8 Å².